The molecule has 2 aromatic carbocycles. The summed E-state index contributed by atoms with van der Waals surface area (Å²) in [5.74, 6) is 0.443. The molecule has 0 unspecified atom stereocenters. The third kappa shape index (κ3) is 14.5. The van der Waals surface area contributed by atoms with Crippen molar-refractivity contribution in [2.24, 2.45) is 0 Å². The Bertz CT molecular complexity index is 2950. The zero-order valence-corrected chi connectivity index (χ0v) is 45.3. The van der Waals surface area contributed by atoms with Gasteiger partial charge >= 0.3 is 24.1 Å². The number of carboxylic acid groups (broad SMARTS) is 2. The first-order valence-corrected chi connectivity index (χ1v) is 25.7. The van der Waals surface area contributed by atoms with E-state index in [1.165, 1.54) is 16.2 Å². The minimum Gasteiger partial charge on any atom is -0.497 e. The fraction of sp³-hybridized carbons (Fsp3) is 0.462. The van der Waals surface area contributed by atoms with Gasteiger partial charge in [-0.3, -0.25) is 9.80 Å². The van der Waals surface area contributed by atoms with Crippen LogP contribution in [0.3, 0.4) is 0 Å². The quantitative estimate of drug-likeness (QED) is 0.116. The van der Waals surface area contributed by atoms with Gasteiger partial charge in [-0.05, 0) is 83.7 Å². The van der Waals surface area contributed by atoms with Crippen molar-refractivity contribution in [1.29, 1.82) is 0 Å². The first-order valence-electron chi connectivity index (χ1n) is 23.6. The Morgan fingerprint density at radius 2 is 1.11 bits per heavy atom. The molecule has 21 heteroatoms. The summed E-state index contributed by atoms with van der Waals surface area (Å²) >= 11 is 9.47. The number of aliphatic carboxylic acids is 2. The number of carboxylic acids is 2. The topological polar surface area (TPSA) is 233 Å². The number of β-amino-alcohol motifs (C(OH)–C–C–N with tert-alkyl or cyclic N) is 1. The summed E-state index contributed by atoms with van der Waals surface area (Å²) in [7, 11) is 3.23. The largest absolute Gasteiger partial charge is 0.497 e. The minimum atomic E-state index is -1.12. The smallest absolute Gasteiger partial charge is 0.411 e. The first-order chi connectivity index (χ1) is 34.2. The van der Waals surface area contributed by atoms with Crippen molar-refractivity contribution >= 4 is 80.2 Å². The van der Waals surface area contributed by atoms with Gasteiger partial charge in [-0.1, -0.05) is 39.3 Å². The van der Waals surface area contributed by atoms with Gasteiger partial charge in [0, 0.05) is 52.6 Å². The summed E-state index contributed by atoms with van der Waals surface area (Å²) in [6.45, 7) is 18.9. The number of ether oxygens (including phenoxy) is 5. The van der Waals surface area contributed by atoms with Crippen molar-refractivity contribution in [3.63, 3.8) is 0 Å². The summed E-state index contributed by atoms with van der Waals surface area (Å²) in [6, 6.07) is 12.9. The molecule has 6 heterocycles. The predicted molar refractivity (Wildman–Crippen MR) is 280 cm³/mol. The molecule has 2 aliphatic heterocycles. The SMILES string of the molecule is CC(C)(C)OC(=O)N1C[C@H](O)C[C@H]1C(=O)O.COc1ccc2c(Cl)cc(-c3nc(C(C)C)cs3)nc2c1.COc1ccc2c(O[C@@H]3C[C@@H](C(=O)O)N(C(=O)OC(C)(C)C)C3)cc(-c3nc(C(C)C)cs3)nc2c1. The van der Waals surface area contributed by atoms with Gasteiger partial charge in [0.15, 0.2) is 0 Å². The fourth-order valence-corrected chi connectivity index (χ4v) is 9.78. The van der Waals surface area contributed by atoms with E-state index in [0.29, 0.717) is 33.7 Å². The van der Waals surface area contributed by atoms with Crippen LogP contribution in [0.2, 0.25) is 5.02 Å². The molecule has 2 fully saturated rings. The number of hydrogen-bond acceptors (Lipinski definition) is 16. The molecule has 2 aliphatic rings. The van der Waals surface area contributed by atoms with Crippen LogP contribution in [-0.2, 0) is 19.1 Å². The molecular formula is C52H63ClN6O12S2. The summed E-state index contributed by atoms with van der Waals surface area (Å²) < 4.78 is 27.5. The average molecular weight is 1060 g/mol. The molecule has 0 spiro atoms. The third-order valence-corrected chi connectivity index (χ3v) is 13.4. The van der Waals surface area contributed by atoms with E-state index >= 15 is 0 Å². The molecule has 6 aromatic rings. The van der Waals surface area contributed by atoms with E-state index in [1.807, 2.05) is 53.9 Å². The van der Waals surface area contributed by atoms with E-state index in [2.05, 4.69) is 43.0 Å². The molecule has 4 atom stereocenters. The Labute approximate surface area is 437 Å². The second-order valence-electron chi connectivity index (χ2n) is 20.1. The van der Waals surface area contributed by atoms with Crippen LogP contribution >= 0.6 is 34.3 Å². The van der Waals surface area contributed by atoms with Gasteiger partial charge in [0.25, 0.3) is 0 Å². The number of amides is 2. The summed E-state index contributed by atoms with van der Waals surface area (Å²) in [5.41, 5.74) is 3.59. The average Bonchev–Trinajstić information content (AvgIpc) is 4.15. The molecule has 3 N–H and O–H groups in total. The van der Waals surface area contributed by atoms with E-state index in [4.69, 9.17) is 50.4 Å². The predicted octanol–water partition coefficient (Wildman–Crippen LogP) is 10.9. The molecule has 2 saturated heterocycles. The van der Waals surface area contributed by atoms with Gasteiger partial charge in [0.1, 0.15) is 68.0 Å². The molecule has 4 aromatic heterocycles. The maximum Gasteiger partial charge on any atom is 0.411 e. The van der Waals surface area contributed by atoms with Crippen LogP contribution in [0.25, 0.3) is 43.2 Å². The van der Waals surface area contributed by atoms with Crippen LogP contribution in [0.4, 0.5) is 9.59 Å². The zero-order valence-electron chi connectivity index (χ0n) is 43.0. The molecule has 392 valence electrons. The number of carbonyl (C=O) groups is 4. The highest BCUT2D eigenvalue weighted by Gasteiger charge is 2.43. The van der Waals surface area contributed by atoms with E-state index in [-0.39, 0.29) is 31.8 Å². The van der Waals surface area contributed by atoms with E-state index < -0.39 is 59.6 Å². The number of halogens is 1. The number of fused-ring (bicyclic) bond motifs is 2. The van der Waals surface area contributed by atoms with Gasteiger partial charge in [0.2, 0.25) is 0 Å². The van der Waals surface area contributed by atoms with E-state index in [1.54, 1.807) is 67.1 Å². The molecule has 2 amide bonds. The molecule has 18 nitrogen and oxygen atoms in total. The van der Waals surface area contributed by atoms with Crippen LogP contribution in [0.1, 0.15) is 105 Å². The first kappa shape index (κ1) is 56.0. The van der Waals surface area contributed by atoms with Crippen LogP contribution in [-0.4, -0.2) is 132 Å². The van der Waals surface area contributed by atoms with Crippen molar-refractivity contribution in [2.75, 3.05) is 27.3 Å². The Hall–Kier alpha value is -6.35. The highest BCUT2D eigenvalue weighted by molar-refractivity contribution is 7.13. The normalized spacial score (nSPS) is 17.8. The van der Waals surface area contributed by atoms with Gasteiger partial charge < -0.3 is 39.0 Å². The molecular weight excluding hydrogens is 1000 g/mol. The van der Waals surface area contributed by atoms with Crippen LogP contribution in [0.5, 0.6) is 17.2 Å². The Balaban J connectivity index is 0.000000198. The van der Waals surface area contributed by atoms with Gasteiger partial charge in [0.05, 0.1) is 60.9 Å². The molecule has 0 saturated carbocycles. The second-order valence-corrected chi connectivity index (χ2v) is 22.2. The number of aliphatic hydroxyl groups excluding tert-OH is 1. The lowest BCUT2D eigenvalue weighted by atomic mass is 10.1. The standard InChI is InChI=1S/C26H31N3O6S.C16H15ClN2OS.C10H17NO5/c1-14(2)20-13-36-23(28-20)19-11-22(17-8-7-15(33-6)9-18(17)27-19)34-16-10-21(24(30)31)29(12-16)25(32)35-26(3,4)5;1-9(2)15-8-21-16(19-15)14-7-12(17)11-5-4-10(20-3)6-13(11)18-14;1-10(2,3)16-9(15)11-5-6(12)4-7(11)8(13)14/h7-9,11,13-14,16,21H,10,12H2,1-6H3,(H,30,31);4-9H,1-3H3;6-7,12H,4-5H2,1-3H3,(H,13,14)/t16-,21+;;6-,7+/m1.1/s1. The molecule has 0 radical (unpaired) electrons. The zero-order chi connectivity index (χ0) is 53.7. The van der Waals surface area contributed by atoms with Gasteiger partial charge in [-0.25, -0.2) is 39.1 Å². The maximum absolute atomic E-state index is 12.7. The number of aromatic nitrogens is 4. The van der Waals surface area contributed by atoms with Crippen molar-refractivity contribution in [3.05, 3.63) is 75.7 Å². The Morgan fingerprint density at radius 3 is 1.56 bits per heavy atom. The summed E-state index contributed by atoms with van der Waals surface area (Å²) in [4.78, 5) is 68.3. The summed E-state index contributed by atoms with van der Waals surface area (Å²) in [6.07, 6.45) is -2.52. The van der Waals surface area contributed by atoms with E-state index in [0.717, 1.165) is 54.0 Å². The lowest BCUT2D eigenvalue weighted by molar-refractivity contribution is -0.142. The monoisotopic (exact) mass is 1060 g/mol. The number of rotatable bonds is 10. The number of hydrogen-bond donors (Lipinski definition) is 3. The number of pyridine rings is 2. The highest BCUT2D eigenvalue weighted by atomic mass is 35.5. The molecule has 0 bridgehead atoms. The number of aliphatic hydroxyl groups is 1. The highest BCUT2D eigenvalue weighted by Crippen LogP contribution is 2.37. The van der Waals surface area contributed by atoms with Crippen LogP contribution in [0.15, 0.2) is 59.3 Å². The number of thiazole rings is 2. The fourth-order valence-electron chi connectivity index (χ4n) is 7.64. The molecule has 0 aliphatic carbocycles. The number of benzene rings is 2. The van der Waals surface area contributed by atoms with Crippen molar-refractivity contribution in [3.8, 4) is 38.7 Å². The second kappa shape index (κ2) is 23.2. The number of likely N-dealkylation sites (tertiary alicyclic amines) is 2. The molecule has 8 rings (SSSR count). The van der Waals surface area contributed by atoms with Gasteiger partial charge in [-0.2, -0.15) is 0 Å². The van der Waals surface area contributed by atoms with Crippen LogP contribution < -0.4 is 14.2 Å². The van der Waals surface area contributed by atoms with Crippen LogP contribution in [0, 0.1) is 0 Å². The molecule has 73 heavy (non-hydrogen) atoms. The number of nitrogens with zero attached hydrogens (tertiary/aromatic N) is 6. The Morgan fingerprint density at radius 1 is 0.658 bits per heavy atom. The van der Waals surface area contributed by atoms with Crippen molar-refractivity contribution in [1.82, 2.24) is 29.7 Å². The number of methoxy groups -OCH3 is 2. The van der Waals surface area contributed by atoms with E-state index in [9.17, 15) is 29.4 Å². The van der Waals surface area contributed by atoms with Crippen molar-refractivity contribution in [2.45, 2.75) is 129 Å². The number of carbonyl (C=O) groups excluding carboxylic acids is 2. The maximum atomic E-state index is 12.7. The lowest BCUT2D eigenvalue weighted by Crippen LogP contribution is -2.43. The Kier molecular flexibility index (Phi) is 17.8. The van der Waals surface area contributed by atoms with Crippen molar-refractivity contribution < 1.29 is 58.2 Å². The minimum absolute atomic E-state index is 0.00583. The van der Waals surface area contributed by atoms with Gasteiger partial charge in [-0.15, -0.1) is 22.7 Å². The lowest BCUT2D eigenvalue weighted by Gasteiger charge is -2.26. The third-order valence-electron chi connectivity index (χ3n) is 11.3. The summed E-state index contributed by atoms with van der Waals surface area (Å²) in [5, 5.41) is 36.1.